The quantitative estimate of drug-likeness (QED) is 0.0673. The lowest BCUT2D eigenvalue weighted by Crippen LogP contribution is -2.33. The zero-order chi connectivity index (χ0) is 30.8. The van der Waals surface area contributed by atoms with Crippen LogP contribution in [0.2, 0.25) is 5.02 Å². The highest BCUT2D eigenvalue weighted by Crippen LogP contribution is 2.42. The summed E-state index contributed by atoms with van der Waals surface area (Å²) in [6, 6.07) is 16.0. The van der Waals surface area contributed by atoms with Crippen LogP contribution in [0.1, 0.15) is 37.4 Å². The van der Waals surface area contributed by atoms with Crippen molar-refractivity contribution < 1.29 is 14.3 Å². The summed E-state index contributed by atoms with van der Waals surface area (Å²) in [6.07, 6.45) is 2.41. The summed E-state index contributed by atoms with van der Waals surface area (Å²) >= 11 is 8.85. The number of nitriles is 1. The molecule has 2 heterocycles. The molecule has 0 unspecified atom stereocenters. The summed E-state index contributed by atoms with van der Waals surface area (Å²) in [5.41, 5.74) is 15.2. The van der Waals surface area contributed by atoms with E-state index >= 15 is 0 Å². The molecule has 0 amide bonds. The zero-order valence-corrected chi connectivity index (χ0v) is 25.8. The predicted octanol–water partition coefficient (Wildman–Crippen LogP) is 7.26. The van der Waals surface area contributed by atoms with Crippen LogP contribution in [0, 0.1) is 17.9 Å². The fourth-order valence-corrected chi connectivity index (χ4v) is 6.03. The van der Waals surface area contributed by atoms with Gasteiger partial charge in [0.25, 0.3) is 0 Å². The average Bonchev–Trinajstić information content (AvgIpc) is 3.50. The molecule has 4 aromatic rings. The predicted molar refractivity (Wildman–Crippen MR) is 171 cm³/mol. The van der Waals surface area contributed by atoms with E-state index in [2.05, 4.69) is 15.9 Å². The van der Waals surface area contributed by atoms with E-state index < -0.39 is 12.0 Å². The van der Waals surface area contributed by atoms with Crippen molar-refractivity contribution in [1.29, 1.82) is 5.26 Å². The van der Waals surface area contributed by atoms with Crippen molar-refractivity contribution in [3.05, 3.63) is 81.6 Å². The lowest BCUT2D eigenvalue weighted by molar-refractivity contribution is -0.146. The number of esters is 1. The minimum atomic E-state index is -0.630. The Labute approximate surface area is 263 Å². The highest BCUT2D eigenvalue weighted by molar-refractivity contribution is 7.98. The van der Waals surface area contributed by atoms with Crippen molar-refractivity contribution in [3.8, 4) is 33.5 Å². The Kier molecular flexibility index (Phi) is 11.4. The van der Waals surface area contributed by atoms with E-state index in [4.69, 9.17) is 44.1 Å². The fraction of sp³-hybridized carbons (Fsp3) is 0.258. The molecule has 220 valence electrons. The molecule has 0 spiro atoms. The van der Waals surface area contributed by atoms with E-state index in [0.29, 0.717) is 39.1 Å². The van der Waals surface area contributed by atoms with Gasteiger partial charge in [-0.15, -0.1) is 11.3 Å². The van der Waals surface area contributed by atoms with Crippen molar-refractivity contribution >= 4 is 52.2 Å². The molecule has 2 aromatic heterocycles. The number of aromatic nitrogens is 2. The number of halogens is 1. The van der Waals surface area contributed by atoms with E-state index in [1.165, 1.54) is 23.1 Å². The molecule has 0 radical (unpaired) electrons. The Balaban J connectivity index is 1.45. The van der Waals surface area contributed by atoms with E-state index in [0.717, 1.165) is 29.1 Å². The first-order valence-electron chi connectivity index (χ1n) is 13.4. The number of anilines is 1. The summed E-state index contributed by atoms with van der Waals surface area (Å²) in [6.45, 7) is 9.96. The second kappa shape index (κ2) is 15.4. The number of unbranched alkanes of at least 4 members (excludes halogenated alkanes) is 1. The first-order chi connectivity index (χ1) is 20.8. The third-order valence-corrected chi connectivity index (χ3v) is 8.50. The van der Waals surface area contributed by atoms with Gasteiger partial charge in [-0.1, -0.05) is 67.4 Å². The maximum atomic E-state index is 12.0. The molecule has 0 aliphatic heterocycles. The number of ether oxygens (including phenoxy) is 2. The number of pyridine rings is 1. The van der Waals surface area contributed by atoms with Crippen LogP contribution in [-0.4, -0.2) is 35.2 Å². The van der Waals surface area contributed by atoms with Crippen molar-refractivity contribution in [2.45, 2.75) is 43.0 Å². The summed E-state index contributed by atoms with van der Waals surface area (Å²) in [5.74, 6) is 0.604. The standard InChI is InChI=1S/C31H29ClN6O3S2/c1-3-4-5-25(34)31(39)41-15-14-40-23-12-8-19(9-13-23)26-24(16-33)30(38-28(35)27(26)36-2)43-18-22-17-42-29(37-22)20-6-10-21(32)11-7-20/h6-13,17,25H,3-5,14-15,18,34H2,1H3,(H2,35,38)/t25-/m0/s1. The number of thiazole rings is 1. The van der Waals surface area contributed by atoms with E-state index in [1.807, 2.05) is 36.6 Å². The molecule has 0 aliphatic rings. The van der Waals surface area contributed by atoms with E-state index in [1.54, 1.807) is 24.3 Å². The van der Waals surface area contributed by atoms with Crippen LogP contribution >= 0.6 is 34.7 Å². The van der Waals surface area contributed by atoms with Gasteiger partial charge in [-0.25, -0.2) is 14.8 Å². The van der Waals surface area contributed by atoms with Gasteiger partial charge in [-0.05, 0) is 36.2 Å². The Morgan fingerprint density at radius 1 is 1.16 bits per heavy atom. The van der Waals surface area contributed by atoms with Gasteiger partial charge in [0.2, 0.25) is 5.69 Å². The Bertz CT molecular complexity index is 1650. The van der Waals surface area contributed by atoms with Crippen molar-refractivity contribution in [1.82, 2.24) is 9.97 Å². The van der Waals surface area contributed by atoms with Gasteiger partial charge >= 0.3 is 5.97 Å². The Hall–Kier alpha value is -4.13. The van der Waals surface area contributed by atoms with Gasteiger partial charge in [0.05, 0.1) is 17.8 Å². The summed E-state index contributed by atoms with van der Waals surface area (Å²) in [5, 5.41) is 14.0. The topological polar surface area (TPSA) is 142 Å². The molecule has 9 nitrogen and oxygen atoms in total. The van der Waals surface area contributed by atoms with Gasteiger partial charge < -0.3 is 20.9 Å². The summed E-state index contributed by atoms with van der Waals surface area (Å²) in [7, 11) is 0. The summed E-state index contributed by atoms with van der Waals surface area (Å²) < 4.78 is 10.9. The molecule has 4 rings (SSSR count). The van der Waals surface area contributed by atoms with Crippen LogP contribution in [0.5, 0.6) is 5.75 Å². The molecular formula is C31H29ClN6O3S2. The molecule has 12 heteroatoms. The summed E-state index contributed by atoms with van der Waals surface area (Å²) in [4.78, 5) is 24.6. The molecule has 43 heavy (non-hydrogen) atoms. The van der Waals surface area contributed by atoms with Gasteiger partial charge in [0.15, 0.2) is 0 Å². The van der Waals surface area contributed by atoms with E-state index in [9.17, 15) is 10.1 Å². The molecule has 0 fully saturated rings. The van der Waals surface area contributed by atoms with Crippen LogP contribution in [0.15, 0.2) is 58.9 Å². The number of nitrogens with zero attached hydrogens (tertiary/aromatic N) is 4. The number of thioether (sulfide) groups is 1. The number of hydrogen-bond donors (Lipinski definition) is 2. The van der Waals surface area contributed by atoms with Gasteiger partial charge in [-0.3, -0.25) is 4.79 Å². The van der Waals surface area contributed by atoms with Crippen LogP contribution in [-0.2, 0) is 15.3 Å². The van der Waals surface area contributed by atoms with Gasteiger partial charge in [0, 0.05) is 27.3 Å². The minimum Gasteiger partial charge on any atom is -0.490 e. The molecular weight excluding hydrogens is 604 g/mol. The second-order valence-corrected chi connectivity index (χ2v) is 11.6. The van der Waals surface area contributed by atoms with Crippen molar-refractivity contribution in [2.24, 2.45) is 5.73 Å². The zero-order valence-electron chi connectivity index (χ0n) is 23.4. The van der Waals surface area contributed by atoms with Crippen LogP contribution in [0.3, 0.4) is 0 Å². The maximum Gasteiger partial charge on any atom is 0.323 e. The molecule has 0 saturated carbocycles. The largest absolute Gasteiger partial charge is 0.490 e. The molecule has 4 N–H and O–H groups in total. The van der Waals surface area contributed by atoms with Gasteiger partial charge in [0.1, 0.15) is 46.9 Å². The maximum absolute atomic E-state index is 12.0. The highest BCUT2D eigenvalue weighted by Gasteiger charge is 2.21. The van der Waals surface area contributed by atoms with Crippen LogP contribution in [0.4, 0.5) is 11.5 Å². The third-order valence-electron chi connectivity index (χ3n) is 6.30. The Morgan fingerprint density at radius 2 is 1.88 bits per heavy atom. The SMILES string of the molecule is [C-]#[N+]c1c(N)nc(SCc2csc(-c3ccc(Cl)cc3)n2)c(C#N)c1-c1ccc(OCCOC(=O)[C@@H](N)CCCC)cc1. The number of carbonyl (C=O) groups is 1. The number of rotatable bonds is 13. The first kappa shape index (κ1) is 31.8. The fourth-order valence-electron chi connectivity index (χ4n) is 4.08. The number of hydrogen-bond acceptors (Lipinski definition) is 10. The molecule has 0 saturated heterocycles. The number of nitrogens with two attached hydrogens (primary N) is 2. The normalized spacial score (nSPS) is 11.4. The number of carbonyl (C=O) groups excluding carboxylic acids is 1. The molecule has 2 aromatic carbocycles. The second-order valence-electron chi connectivity index (χ2n) is 9.35. The number of benzene rings is 2. The molecule has 0 bridgehead atoms. The third kappa shape index (κ3) is 8.25. The molecule has 0 aliphatic carbocycles. The average molecular weight is 633 g/mol. The smallest absolute Gasteiger partial charge is 0.323 e. The number of nitrogen functional groups attached to an aromatic ring is 1. The minimum absolute atomic E-state index is 0.0471. The first-order valence-corrected chi connectivity index (χ1v) is 15.7. The van der Waals surface area contributed by atoms with Crippen molar-refractivity contribution in [3.63, 3.8) is 0 Å². The highest BCUT2D eigenvalue weighted by atomic mass is 35.5. The monoisotopic (exact) mass is 632 g/mol. The molecule has 1 atom stereocenters. The lowest BCUT2D eigenvalue weighted by Gasteiger charge is -2.14. The van der Waals surface area contributed by atoms with Gasteiger partial charge in [-0.2, -0.15) is 5.26 Å². The lowest BCUT2D eigenvalue weighted by atomic mass is 10.00. The van der Waals surface area contributed by atoms with Crippen LogP contribution in [0.25, 0.3) is 26.5 Å². The van der Waals surface area contributed by atoms with E-state index in [-0.39, 0.29) is 30.3 Å². The van der Waals surface area contributed by atoms with Crippen LogP contribution < -0.4 is 16.2 Å². The Morgan fingerprint density at radius 3 is 2.56 bits per heavy atom. The van der Waals surface area contributed by atoms with Crippen molar-refractivity contribution in [2.75, 3.05) is 18.9 Å².